The molecule has 0 spiro atoms. The Labute approximate surface area is 87.4 Å². The molecule has 0 aliphatic carbocycles. The van der Waals surface area contributed by atoms with E-state index in [9.17, 15) is 9.59 Å². The maximum atomic E-state index is 11.2. The van der Waals surface area contributed by atoms with E-state index in [1.165, 1.54) is 0 Å². The van der Waals surface area contributed by atoms with Gasteiger partial charge in [-0.3, -0.25) is 9.59 Å². The molecule has 2 N–H and O–H groups in total. The second-order valence-electron chi connectivity index (χ2n) is 3.43. The molecule has 0 aromatic heterocycles. The standard InChI is InChI=1S/C9H15NO3S/c11-8(10-6-9(12)13)5-7-1-3-14-4-2-7/h7H,1-6H2,(H,10,11)(H,12,13). The fourth-order valence-corrected chi connectivity index (χ4v) is 2.66. The van der Waals surface area contributed by atoms with Crippen LogP contribution < -0.4 is 5.32 Å². The third-order valence-corrected chi connectivity index (χ3v) is 3.30. The van der Waals surface area contributed by atoms with Gasteiger partial charge in [-0.05, 0) is 30.3 Å². The highest BCUT2D eigenvalue weighted by Gasteiger charge is 2.17. The third kappa shape index (κ3) is 4.50. The second kappa shape index (κ2) is 5.90. The fourth-order valence-electron chi connectivity index (χ4n) is 1.46. The van der Waals surface area contributed by atoms with Crippen LogP contribution in [0, 0.1) is 5.92 Å². The Hall–Kier alpha value is -0.710. The summed E-state index contributed by atoms with van der Waals surface area (Å²) < 4.78 is 0. The van der Waals surface area contributed by atoms with Gasteiger partial charge in [0, 0.05) is 6.42 Å². The molecule has 1 rings (SSSR count). The van der Waals surface area contributed by atoms with Crippen molar-refractivity contribution in [3.63, 3.8) is 0 Å². The monoisotopic (exact) mass is 217 g/mol. The van der Waals surface area contributed by atoms with Crippen LogP contribution in [0.25, 0.3) is 0 Å². The minimum atomic E-state index is -0.988. The molecule has 14 heavy (non-hydrogen) atoms. The normalized spacial score (nSPS) is 17.7. The quantitative estimate of drug-likeness (QED) is 0.728. The lowest BCUT2D eigenvalue weighted by Crippen LogP contribution is -2.31. The zero-order chi connectivity index (χ0) is 10.4. The molecular formula is C9H15NO3S. The number of amides is 1. The van der Waals surface area contributed by atoms with E-state index in [0.29, 0.717) is 12.3 Å². The zero-order valence-electron chi connectivity index (χ0n) is 7.99. The molecule has 0 saturated carbocycles. The van der Waals surface area contributed by atoms with Crippen LogP contribution in [0.3, 0.4) is 0 Å². The summed E-state index contributed by atoms with van der Waals surface area (Å²) in [6.07, 6.45) is 2.63. The minimum absolute atomic E-state index is 0.135. The van der Waals surface area contributed by atoms with Crippen molar-refractivity contribution in [1.82, 2.24) is 5.32 Å². The largest absolute Gasteiger partial charge is 0.480 e. The Morgan fingerprint density at radius 3 is 2.57 bits per heavy atom. The Kier molecular flexibility index (Phi) is 4.79. The summed E-state index contributed by atoms with van der Waals surface area (Å²) >= 11 is 1.92. The lowest BCUT2D eigenvalue weighted by atomic mass is 9.98. The van der Waals surface area contributed by atoms with Crippen LogP contribution in [0.2, 0.25) is 0 Å². The summed E-state index contributed by atoms with van der Waals surface area (Å²) in [5, 5.41) is 10.7. The molecule has 4 nitrogen and oxygen atoms in total. The number of aliphatic carboxylic acids is 1. The minimum Gasteiger partial charge on any atom is -0.480 e. The summed E-state index contributed by atoms with van der Waals surface area (Å²) in [6.45, 7) is -0.264. The molecule has 0 unspecified atom stereocenters. The summed E-state index contributed by atoms with van der Waals surface area (Å²) in [7, 11) is 0. The van der Waals surface area contributed by atoms with Gasteiger partial charge in [0.1, 0.15) is 6.54 Å². The number of carbonyl (C=O) groups is 2. The van der Waals surface area contributed by atoms with E-state index >= 15 is 0 Å². The zero-order valence-corrected chi connectivity index (χ0v) is 8.81. The van der Waals surface area contributed by atoms with Crippen molar-refractivity contribution < 1.29 is 14.7 Å². The number of carboxylic acid groups (broad SMARTS) is 1. The van der Waals surface area contributed by atoms with E-state index in [2.05, 4.69) is 5.32 Å². The van der Waals surface area contributed by atoms with Crippen molar-refractivity contribution in [3.8, 4) is 0 Å². The first-order valence-electron chi connectivity index (χ1n) is 4.74. The molecule has 80 valence electrons. The van der Waals surface area contributed by atoms with E-state index in [4.69, 9.17) is 5.11 Å². The molecule has 5 heteroatoms. The number of hydrogen-bond acceptors (Lipinski definition) is 3. The summed E-state index contributed by atoms with van der Waals surface area (Å²) in [5.74, 6) is 1.57. The van der Waals surface area contributed by atoms with Crippen LogP contribution >= 0.6 is 11.8 Å². The summed E-state index contributed by atoms with van der Waals surface area (Å²) in [5.41, 5.74) is 0. The molecule has 0 aromatic rings. The molecule has 0 radical (unpaired) electrons. The predicted molar refractivity (Wildman–Crippen MR) is 55.3 cm³/mol. The Morgan fingerprint density at radius 1 is 1.36 bits per heavy atom. The van der Waals surface area contributed by atoms with Crippen molar-refractivity contribution in [2.75, 3.05) is 18.1 Å². The third-order valence-electron chi connectivity index (χ3n) is 2.25. The SMILES string of the molecule is O=C(O)CNC(=O)CC1CCSCC1. The lowest BCUT2D eigenvalue weighted by molar-refractivity contribution is -0.138. The van der Waals surface area contributed by atoms with E-state index in [1.807, 2.05) is 11.8 Å². The number of carbonyl (C=O) groups excluding carboxylic acids is 1. The molecule has 1 amide bonds. The summed E-state index contributed by atoms with van der Waals surface area (Å²) in [4.78, 5) is 21.4. The lowest BCUT2D eigenvalue weighted by Gasteiger charge is -2.20. The molecule has 1 heterocycles. The van der Waals surface area contributed by atoms with Gasteiger partial charge in [0.05, 0.1) is 0 Å². The smallest absolute Gasteiger partial charge is 0.322 e. The maximum absolute atomic E-state index is 11.2. The second-order valence-corrected chi connectivity index (χ2v) is 4.66. The van der Waals surface area contributed by atoms with Gasteiger partial charge in [-0.1, -0.05) is 0 Å². The highest BCUT2D eigenvalue weighted by molar-refractivity contribution is 7.99. The van der Waals surface area contributed by atoms with Crippen molar-refractivity contribution in [1.29, 1.82) is 0 Å². The number of hydrogen-bond donors (Lipinski definition) is 2. The average Bonchev–Trinajstić information content (AvgIpc) is 2.16. The van der Waals surface area contributed by atoms with Crippen molar-refractivity contribution in [2.24, 2.45) is 5.92 Å². The molecule has 0 aromatic carbocycles. The van der Waals surface area contributed by atoms with Crippen molar-refractivity contribution >= 4 is 23.6 Å². The number of thioether (sulfide) groups is 1. The molecule has 1 aliphatic heterocycles. The van der Waals surface area contributed by atoms with Gasteiger partial charge < -0.3 is 10.4 Å². The van der Waals surface area contributed by atoms with Crippen LogP contribution in [0.15, 0.2) is 0 Å². The van der Waals surface area contributed by atoms with E-state index in [0.717, 1.165) is 24.3 Å². The predicted octanol–water partition coefficient (Wildman–Crippen LogP) is 0.720. The Balaban J connectivity index is 2.15. The highest BCUT2D eigenvalue weighted by atomic mass is 32.2. The molecule has 1 fully saturated rings. The average molecular weight is 217 g/mol. The van der Waals surface area contributed by atoms with Crippen molar-refractivity contribution in [2.45, 2.75) is 19.3 Å². The van der Waals surface area contributed by atoms with Gasteiger partial charge in [0.25, 0.3) is 0 Å². The number of rotatable bonds is 4. The molecule has 1 saturated heterocycles. The topological polar surface area (TPSA) is 66.4 Å². The van der Waals surface area contributed by atoms with Gasteiger partial charge in [0.15, 0.2) is 0 Å². The Bertz CT molecular complexity index is 214. The molecule has 0 bridgehead atoms. The van der Waals surface area contributed by atoms with E-state index in [1.54, 1.807) is 0 Å². The van der Waals surface area contributed by atoms with E-state index in [-0.39, 0.29) is 12.5 Å². The van der Waals surface area contributed by atoms with Gasteiger partial charge in [0.2, 0.25) is 5.91 Å². The number of carboxylic acids is 1. The van der Waals surface area contributed by atoms with Crippen LogP contribution in [0.5, 0.6) is 0 Å². The van der Waals surface area contributed by atoms with Crippen LogP contribution in [-0.2, 0) is 9.59 Å². The molecule has 0 atom stereocenters. The van der Waals surface area contributed by atoms with Crippen LogP contribution in [-0.4, -0.2) is 35.0 Å². The van der Waals surface area contributed by atoms with Gasteiger partial charge >= 0.3 is 5.97 Å². The maximum Gasteiger partial charge on any atom is 0.322 e. The van der Waals surface area contributed by atoms with Crippen LogP contribution in [0.1, 0.15) is 19.3 Å². The molecule has 1 aliphatic rings. The highest BCUT2D eigenvalue weighted by Crippen LogP contribution is 2.24. The summed E-state index contributed by atoms with van der Waals surface area (Å²) in [6, 6.07) is 0. The first-order valence-corrected chi connectivity index (χ1v) is 5.90. The molecular weight excluding hydrogens is 202 g/mol. The van der Waals surface area contributed by atoms with Crippen molar-refractivity contribution in [3.05, 3.63) is 0 Å². The first-order chi connectivity index (χ1) is 6.68. The first kappa shape index (κ1) is 11.4. The Morgan fingerprint density at radius 2 is 2.00 bits per heavy atom. The van der Waals surface area contributed by atoms with Crippen LogP contribution in [0.4, 0.5) is 0 Å². The van der Waals surface area contributed by atoms with E-state index < -0.39 is 5.97 Å². The van der Waals surface area contributed by atoms with Gasteiger partial charge in [-0.2, -0.15) is 11.8 Å². The number of nitrogens with one attached hydrogen (secondary N) is 1. The van der Waals surface area contributed by atoms with Gasteiger partial charge in [-0.15, -0.1) is 0 Å². The van der Waals surface area contributed by atoms with Gasteiger partial charge in [-0.25, -0.2) is 0 Å². The fraction of sp³-hybridized carbons (Fsp3) is 0.778.